The van der Waals surface area contributed by atoms with Crippen LogP contribution in [-0.4, -0.2) is 49.0 Å². The molecule has 5 nitrogen and oxygen atoms in total. The fourth-order valence-electron chi connectivity index (χ4n) is 3.97. The Bertz CT molecular complexity index is 768. The molecule has 6 heteroatoms. The molecule has 0 unspecified atom stereocenters. The van der Waals surface area contributed by atoms with Gasteiger partial charge in [0.25, 0.3) is 5.91 Å². The second kappa shape index (κ2) is 9.05. The molecule has 1 saturated heterocycles. The van der Waals surface area contributed by atoms with Gasteiger partial charge in [-0.3, -0.25) is 4.79 Å². The van der Waals surface area contributed by atoms with Gasteiger partial charge in [-0.05, 0) is 56.0 Å². The number of aryl methyl sites for hydroxylation is 2. The lowest BCUT2D eigenvalue weighted by Gasteiger charge is -2.33. The normalized spacial score (nSPS) is 18.2. The third kappa shape index (κ3) is 4.73. The van der Waals surface area contributed by atoms with Crippen LogP contribution in [0.3, 0.4) is 0 Å². The van der Waals surface area contributed by atoms with E-state index in [-0.39, 0.29) is 5.91 Å². The van der Waals surface area contributed by atoms with Crippen molar-refractivity contribution in [1.29, 1.82) is 0 Å². The summed E-state index contributed by atoms with van der Waals surface area (Å²) in [5.41, 5.74) is 2.44. The molecule has 1 amide bonds. The maximum absolute atomic E-state index is 12.6. The number of fused-ring (bicyclic) bond motifs is 1. The maximum Gasteiger partial charge on any atom is 0.261 e. The summed E-state index contributed by atoms with van der Waals surface area (Å²) < 4.78 is 0. The lowest BCUT2D eigenvalue weighted by atomic mass is 10.00. The quantitative estimate of drug-likeness (QED) is 0.857. The van der Waals surface area contributed by atoms with Gasteiger partial charge < -0.3 is 15.1 Å². The van der Waals surface area contributed by atoms with Crippen molar-refractivity contribution in [3.63, 3.8) is 0 Å². The Hall–Kier alpha value is -1.92. The monoisotopic (exact) mass is 398 g/mol. The van der Waals surface area contributed by atoms with E-state index in [0.717, 1.165) is 55.3 Å². The highest BCUT2D eigenvalue weighted by atomic mass is 32.1. The summed E-state index contributed by atoms with van der Waals surface area (Å²) in [6, 6.07) is 6.27. The van der Waals surface area contributed by atoms with Crippen molar-refractivity contribution < 1.29 is 4.79 Å². The largest absolute Gasteiger partial charge is 0.354 e. The molecule has 0 bridgehead atoms. The van der Waals surface area contributed by atoms with Gasteiger partial charge in [-0.15, -0.1) is 11.3 Å². The van der Waals surface area contributed by atoms with E-state index in [1.165, 1.54) is 36.1 Å². The molecule has 2 aliphatic rings. The molecule has 0 radical (unpaired) electrons. The Morgan fingerprint density at radius 1 is 1.11 bits per heavy atom. The topological polar surface area (TPSA) is 48.5 Å². The summed E-state index contributed by atoms with van der Waals surface area (Å²) in [6.45, 7) is 4.71. The van der Waals surface area contributed by atoms with E-state index in [1.54, 1.807) is 11.3 Å². The third-order valence-electron chi connectivity index (χ3n) is 5.81. The highest BCUT2D eigenvalue weighted by Crippen LogP contribution is 2.28. The molecular formula is C22H30N4OS. The average molecular weight is 399 g/mol. The van der Waals surface area contributed by atoms with Gasteiger partial charge in [0.1, 0.15) is 5.82 Å². The van der Waals surface area contributed by atoms with E-state index in [2.05, 4.69) is 45.3 Å². The van der Waals surface area contributed by atoms with Gasteiger partial charge >= 0.3 is 0 Å². The van der Waals surface area contributed by atoms with Gasteiger partial charge in [-0.25, -0.2) is 4.98 Å². The Kier molecular flexibility index (Phi) is 6.27. The first kappa shape index (κ1) is 19.4. The van der Waals surface area contributed by atoms with Gasteiger partial charge in [0.15, 0.2) is 0 Å². The molecule has 0 atom stereocenters. The van der Waals surface area contributed by atoms with Crippen LogP contribution in [0.15, 0.2) is 24.4 Å². The third-order valence-corrected chi connectivity index (χ3v) is 7.05. The van der Waals surface area contributed by atoms with Crippen LogP contribution in [0.5, 0.6) is 0 Å². The smallest absolute Gasteiger partial charge is 0.261 e. The number of pyridine rings is 1. The van der Waals surface area contributed by atoms with Crippen molar-refractivity contribution in [2.24, 2.45) is 0 Å². The molecule has 0 aromatic carbocycles. The van der Waals surface area contributed by atoms with Gasteiger partial charge in [-0.2, -0.15) is 0 Å². The van der Waals surface area contributed by atoms with E-state index < -0.39 is 0 Å². The number of amides is 1. The van der Waals surface area contributed by atoms with Crippen LogP contribution in [0.4, 0.5) is 5.82 Å². The minimum atomic E-state index is 0.0416. The molecule has 3 heterocycles. The number of piperazine rings is 1. The highest BCUT2D eigenvalue weighted by molar-refractivity contribution is 7.14. The number of carbonyl (C=O) groups excluding carboxylic acids is 1. The summed E-state index contributed by atoms with van der Waals surface area (Å²) >= 11 is 1.68. The molecule has 150 valence electrons. The number of thiophene rings is 1. The summed E-state index contributed by atoms with van der Waals surface area (Å²) in [4.78, 5) is 24.2. The van der Waals surface area contributed by atoms with Crippen LogP contribution < -0.4 is 10.2 Å². The molecule has 0 spiro atoms. The van der Waals surface area contributed by atoms with Gasteiger partial charge in [0, 0.05) is 43.8 Å². The number of aromatic nitrogens is 1. The fraction of sp³-hybridized carbons (Fsp3) is 0.545. The van der Waals surface area contributed by atoms with E-state index in [4.69, 9.17) is 0 Å². The first-order valence-electron chi connectivity index (χ1n) is 10.5. The summed E-state index contributed by atoms with van der Waals surface area (Å²) in [7, 11) is 2.16. The summed E-state index contributed by atoms with van der Waals surface area (Å²) in [5, 5.41) is 3.07. The maximum atomic E-state index is 12.6. The van der Waals surface area contributed by atoms with Crippen molar-refractivity contribution in [3.05, 3.63) is 45.3 Å². The second-order valence-corrected chi connectivity index (χ2v) is 9.11. The Morgan fingerprint density at radius 3 is 2.64 bits per heavy atom. The molecule has 1 N–H and O–H groups in total. The molecule has 2 aromatic heterocycles. The Morgan fingerprint density at radius 2 is 1.89 bits per heavy atom. The predicted octanol–water partition coefficient (Wildman–Crippen LogP) is 3.48. The first-order chi connectivity index (χ1) is 13.7. The number of likely N-dealkylation sites (N-methyl/N-ethyl adjacent to an activating group) is 1. The lowest BCUT2D eigenvalue weighted by molar-refractivity contribution is 0.0955. The van der Waals surface area contributed by atoms with Crippen LogP contribution >= 0.6 is 11.3 Å². The van der Waals surface area contributed by atoms with Gasteiger partial charge in [0.05, 0.1) is 4.88 Å². The van der Waals surface area contributed by atoms with E-state index in [1.807, 2.05) is 6.20 Å². The zero-order valence-corrected chi connectivity index (χ0v) is 17.6. The Labute approximate surface area is 171 Å². The minimum Gasteiger partial charge on any atom is -0.354 e. The van der Waals surface area contributed by atoms with E-state index >= 15 is 0 Å². The van der Waals surface area contributed by atoms with Crippen molar-refractivity contribution in [1.82, 2.24) is 15.2 Å². The van der Waals surface area contributed by atoms with E-state index in [9.17, 15) is 4.79 Å². The number of nitrogens with one attached hydrogen (secondary N) is 1. The molecular weight excluding hydrogens is 368 g/mol. The van der Waals surface area contributed by atoms with Crippen LogP contribution in [-0.2, 0) is 19.4 Å². The van der Waals surface area contributed by atoms with Crippen LogP contribution in [0.2, 0.25) is 0 Å². The SMILES string of the molecule is CN1CCN(c2ccc(CNC(=O)c3cc4c(s3)CCCCCC4)cn2)CC1. The minimum absolute atomic E-state index is 0.0416. The summed E-state index contributed by atoms with van der Waals surface area (Å²) in [6.07, 6.45) is 9.27. The Balaban J connectivity index is 1.33. The fourth-order valence-corrected chi connectivity index (χ4v) is 5.14. The van der Waals surface area contributed by atoms with Gasteiger partial charge in [-0.1, -0.05) is 18.9 Å². The number of hydrogen-bond acceptors (Lipinski definition) is 5. The van der Waals surface area contributed by atoms with Crippen LogP contribution in [0.25, 0.3) is 0 Å². The number of nitrogens with zero attached hydrogens (tertiary/aromatic N) is 3. The second-order valence-electron chi connectivity index (χ2n) is 7.97. The predicted molar refractivity (Wildman–Crippen MR) is 115 cm³/mol. The number of hydrogen-bond donors (Lipinski definition) is 1. The summed E-state index contributed by atoms with van der Waals surface area (Å²) in [5.74, 6) is 1.07. The number of carbonyl (C=O) groups is 1. The van der Waals surface area contributed by atoms with E-state index in [0.29, 0.717) is 6.54 Å². The van der Waals surface area contributed by atoms with Crippen molar-refractivity contribution in [2.75, 3.05) is 38.1 Å². The van der Waals surface area contributed by atoms with Crippen molar-refractivity contribution in [3.8, 4) is 0 Å². The molecule has 4 rings (SSSR count). The number of anilines is 1. The van der Waals surface area contributed by atoms with Crippen LogP contribution in [0.1, 0.15) is 51.4 Å². The van der Waals surface area contributed by atoms with Gasteiger partial charge in [0.2, 0.25) is 0 Å². The first-order valence-corrected chi connectivity index (χ1v) is 11.3. The van der Waals surface area contributed by atoms with Crippen molar-refractivity contribution in [2.45, 2.75) is 45.1 Å². The molecule has 1 aliphatic carbocycles. The zero-order chi connectivity index (χ0) is 19.3. The average Bonchev–Trinajstić information content (AvgIpc) is 3.09. The molecule has 1 aliphatic heterocycles. The highest BCUT2D eigenvalue weighted by Gasteiger charge is 2.17. The number of rotatable bonds is 4. The molecule has 1 fully saturated rings. The standard InChI is InChI=1S/C22H30N4OS/c1-25-10-12-26(13-11-25)21-9-8-17(15-23-21)16-24-22(27)20-14-18-6-4-2-3-5-7-19(18)28-20/h8-9,14-15H,2-7,10-13,16H2,1H3,(H,24,27). The molecule has 0 saturated carbocycles. The van der Waals surface area contributed by atoms with Crippen LogP contribution in [0, 0.1) is 0 Å². The molecule has 2 aromatic rings. The zero-order valence-electron chi connectivity index (χ0n) is 16.7. The molecule has 28 heavy (non-hydrogen) atoms. The van der Waals surface area contributed by atoms with Crippen molar-refractivity contribution >= 4 is 23.1 Å². The lowest BCUT2D eigenvalue weighted by Crippen LogP contribution is -2.44.